The number of rotatable bonds is 8. The number of nitrogens with zero attached hydrogens (tertiary/aromatic N) is 3. The van der Waals surface area contributed by atoms with Gasteiger partial charge in [0.2, 0.25) is 0 Å². The van der Waals surface area contributed by atoms with E-state index in [1.165, 1.54) is 6.08 Å². The standard InChI is InChI=1S/C23H24N6O2/c1-2-24-12-13-25-23-22-19(15-29(27-22)17-6-4-3-5-7-17)18-14-16(8-10-20(18)26-23)9-11-21(30)28-31/h3-11,14-15,24,31H,2,12-13H2,1H3,(H,25,26)(H,28,30)/b11-9+. The van der Waals surface area contributed by atoms with Crippen molar-refractivity contribution in [3.8, 4) is 5.69 Å². The van der Waals surface area contributed by atoms with Gasteiger partial charge in [0, 0.05) is 36.1 Å². The molecule has 8 heteroatoms. The van der Waals surface area contributed by atoms with Crippen molar-refractivity contribution in [3.63, 3.8) is 0 Å². The lowest BCUT2D eigenvalue weighted by atomic mass is 10.1. The zero-order chi connectivity index (χ0) is 21.6. The molecule has 0 fully saturated rings. The van der Waals surface area contributed by atoms with Gasteiger partial charge >= 0.3 is 0 Å². The summed E-state index contributed by atoms with van der Waals surface area (Å²) in [4.78, 5) is 16.1. The van der Waals surface area contributed by atoms with Gasteiger partial charge in [0.05, 0.1) is 11.2 Å². The topological polar surface area (TPSA) is 104 Å². The predicted octanol–water partition coefficient (Wildman–Crippen LogP) is 3.11. The first-order chi connectivity index (χ1) is 15.2. The normalized spacial score (nSPS) is 11.4. The van der Waals surface area contributed by atoms with Gasteiger partial charge < -0.3 is 10.6 Å². The summed E-state index contributed by atoms with van der Waals surface area (Å²) in [5, 5.41) is 22.1. The number of hydrogen-bond donors (Lipinski definition) is 4. The van der Waals surface area contributed by atoms with E-state index in [0.29, 0.717) is 0 Å². The van der Waals surface area contributed by atoms with Crippen molar-refractivity contribution in [1.82, 2.24) is 25.6 Å². The molecule has 0 radical (unpaired) electrons. The van der Waals surface area contributed by atoms with Crippen molar-refractivity contribution in [2.24, 2.45) is 0 Å². The minimum absolute atomic E-state index is 0.583. The second-order valence-corrected chi connectivity index (χ2v) is 7.00. The quantitative estimate of drug-likeness (QED) is 0.152. The number of pyridine rings is 1. The van der Waals surface area contributed by atoms with Crippen molar-refractivity contribution >= 4 is 39.6 Å². The van der Waals surface area contributed by atoms with Crippen molar-refractivity contribution < 1.29 is 10.0 Å². The molecule has 158 valence electrons. The van der Waals surface area contributed by atoms with Crippen LogP contribution in [0.3, 0.4) is 0 Å². The average Bonchev–Trinajstić information content (AvgIpc) is 3.27. The highest BCUT2D eigenvalue weighted by molar-refractivity contribution is 6.09. The summed E-state index contributed by atoms with van der Waals surface area (Å²) in [5.74, 6) is 0.151. The van der Waals surface area contributed by atoms with E-state index in [9.17, 15) is 4.79 Å². The van der Waals surface area contributed by atoms with E-state index in [4.69, 9.17) is 15.3 Å². The zero-order valence-corrected chi connectivity index (χ0v) is 17.2. The lowest BCUT2D eigenvalue weighted by molar-refractivity contribution is -0.124. The van der Waals surface area contributed by atoms with Crippen LogP contribution >= 0.6 is 0 Å². The molecule has 2 heterocycles. The third kappa shape index (κ3) is 4.55. The number of hydrogen-bond acceptors (Lipinski definition) is 6. The van der Waals surface area contributed by atoms with Crippen LogP contribution in [0, 0.1) is 0 Å². The molecule has 4 rings (SSSR count). The Kier molecular flexibility index (Phi) is 6.21. The van der Waals surface area contributed by atoms with Gasteiger partial charge in [0.15, 0.2) is 5.82 Å². The fourth-order valence-electron chi connectivity index (χ4n) is 3.38. The highest BCUT2D eigenvalue weighted by atomic mass is 16.5. The predicted molar refractivity (Wildman–Crippen MR) is 122 cm³/mol. The summed E-state index contributed by atoms with van der Waals surface area (Å²) in [5.41, 5.74) is 4.98. The number of carbonyl (C=O) groups is 1. The molecule has 0 aliphatic carbocycles. The molecule has 4 N–H and O–H groups in total. The lowest BCUT2D eigenvalue weighted by Gasteiger charge is -2.09. The van der Waals surface area contributed by atoms with E-state index in [0.717, 1.165) is 58.5 Å². The lowest BCUT2D eigenvalue weighted by Crippen LogP contribution is -2.22. The van der Waals surface area contributed by atoms with Crippen LogP contribution in [0.5, 0.6) is 0 Å². The molecule has 2 aromatic carbocycles. The Hall–Kier alpha value is -3.75. The number of anilines is 1. The summed E-state index contributed by atoms with van der Waals surface area (Å²) in [7, 11) is 0. The second-order valence-electron chi connectivity index (χ2n) is 7.00. The smallest absolute Gasteiger partial charge is 0.267 e. The summed E-state index contributed by atoms with van der Waals surface area (Å²) >= 11 is 0. The molecule has 0 spiro atoms. The Morgan fingerprint density at radius 3 is 2.74 bits per heavy atom. The van der Waals surface area contributed by atoms with E-state index in [1.807, 2.05) is 59.4 Å². The third-order valence-corrected chi connectivity index (χ3v) is 4.88. The maximum atomic E-state index is 11.3. The molecule has 0 atom stereocenters. The molecule has 31 heavy (non-hydrogen) atoms. The van der Waals surface area contributed by atoms with Crippen LogP contribution < -0.4 is 16.1 Å². The van der Waals surface area contributed by atoms with Crippen molar-refractivity contribution in [2.75, 3.05) is 25.0 Å². The van der Waals surface area contributed by atoms with Gasteiger partial charge in [-0.25, -0.2) is 15.1 Å². The Morgan fingerprint density at radius 1 is 1.13 bits per heavy atom. The molecule has 0 saturated heterocycles. The molecule has 1 amide bonds. The van der Waals surface area contributed by atoms with Crippen LogP contribution in [0.2, 0.25) is 0 Å². The van der Waals surface area contributed by atoms with Gasteiger partial charge in [0.1, 0.15) is 5.52 Å². The molecule has 0 aliphatic heterocycles. The van der Waals surface area contributed by atoms with Crippen LogP contribution in [0.25, 0.3) is 33.6 Å². The van der Waals surface area contributed by atoms with Gasteiger partial charge in [0.25, 0.3) is 5.91 Å². The fourth-order valence-corrected chi connectivity index (χ4v) is 3.38. The first kappa shape index (κ1) is 20.5. The summed E-state index contributed by atoms with van der Waals surface area (Å²) in [6, 6.07) is 15.7. The Morgan fingerprint density at radius 2 is 1.97 bits per heavy atom. The van der Waals surface area contributed by atoms with Gasteiger partial charge in [-0.1, -0.05) is 31.2 Å². The van der Waals surface area contributed by atoms with Crippen LogP contribution in [0.15, 0.2) is 60.8 Å². The molecule has 8 nitrogen and oxygen atoms in total. The summed E-state index contributed by atoms with van der Waals surface area (Å²) in [6.07, 6.45) is 4.91. The summed E-state index contributed by atoms with van der Waals surface area (Å²) in [6.45, 7) is 4.55. The minimum Gasteiger partial charge on any atom is -0.367 e. The monoisotopic (exact) mass is 416 g/mol. The molecular weight excluding hydrogens is 392 g/mol. The van der Waals surface area contributed by atoms with Gasteiger partial charge in [-0.05, 0) is 42.4 Å². The Labute approximate surface area is 179 Å². The number of nitrogens with one attached hydrogen (secondary N) is 3. The van der Waals surface area contributed by atoms with E-state index < -0.39 is 5.91 Å². The van der Waals surface area contributed by atoms with Gasteiger partial charge in [-0.15, -0.1) is 0 Å². The zero-order valence-electron chi connectivity index (χ0n) is 17.2. The molecule has 0 saturated carbocycles. The third-order valence-electron chi connectivity index (χ3n) is 4.88. The first-order valence-electron chi connectivity index (χ1n) is 10.1. The second kappa shape index (κ2) is 9.38. The number of para-hydroxylation sites is 1. The number of amides is 1. The number of hydroxylamine groups is 1. The van der Waals surface area contributed by atoms with Crippen LogP contribution in [0.4, 0.5) is 5.82 Å². The minimum atomic E-state index is -0.583. The van der Waals surface area contributed by atoms with Gasteiger partial charge in [-0.2, -0.15) is 5.10 Å². The molecular formula is C23H24N6O2. The molecule has 2 aromatic heterocycles. The van der Waals surface area contributed by atoms with Gasteiger partial charge in [-0.3, -0.25) is 10.0 Å². The molecule has 4 aromatic rings. The molecule has 0 aliphatic rings. The van der Waals surface area contributed by atoms with Crippen LogP contribution in [-0.2, 0) is 4.79 Å². The highest BCUT2D eigenvalue weighted by Gasteiger charge is 2.13. The van der Waals surface area contributed by atoms with Crippen molar-refractivity contribution in [1.29, 1.82) is 0 Å². The van der Waals surface area contributed by atoms with E-state index in [2.05, 4.69) is 17.6 Å². The van der Waals surface area contributed by atoms with Crippen molar-refractivity contribution in [2.45, 2.75) is 6.92 Å². The Bertz CT molecular complexity index is 1230. The number of benzene rings is 2. The highest BCUT2D eigenvalue weighted by Crippen LogP contribution is 2.30. The number of carbonyl (C=O) groups excluding carboxylic acids is 1. The largest absolute Gasteiger partial charge is 0.367 e. The number of likely N-dealkylation sites (N-methyl/N-ethyl adjacent to an activating group) is 1. The maximum Gasteiger partial charge on any atom is 0.267 e. The van der Waals surface area contributed by atoms with E-state index in [-0.39, 0.29) is 0 Å². The fraction of sp³-hybridized carbons (Fsp3) is 0.174. The SMILES string of the molecule is CCNCCNc1nc2ccc(/C=C/C(=O)NO)cc2c2cn(-c3ccccc3)nc12. The number of aromatic nitrogens is 3. The van der Waals surface area contributed by atoms with Crippen LogP contribution in [0.1, 0.15) is 12.5 Å². The van der Waals surface area contributed by atoms with E-state index in [1.54, 1.807) is 11.6 Å². The number of fused-ring (bicyclic) bond motifs is 3. The summed E-state index contributed by atoms with van der Waals surface area (Å²) < 4.78 is 1.85. The van der Waals surface area contributed by atoms with Crippen molar-refractivity contribution in [3.05, 3.63) is 66.4 Å². The Balaban J connectivity index is 1.82. The molecule has 0 bridgehead atoms. The maximum absolute atomic E-state index is 11.3. The van der Waals surface area contributed by atoms with Crippen LogP contribution in [-0.4, -0.2) is 45.5 Å². The van der Waals surface area contributed by atoms with E-state index >= 15 is 0 Å². The molecule has 0 unspecified atom stereocenters. The first-order valence-corrected chi connectivity index (χ1v) is 10.1. The average molecular weight is 416 g/mol.